The van der Waals surface area contributed by atoms with Gasteiger partial charge in [-0.25, -0.2) is 19.9 Å². The average Bonchev–Trinajstić information content (AvgIpc) is 3.71. The van der Waals surface area contributed by atoms with E-state index in [1.807, 2.05) is 24.3 Å². The number of rotatable bonds is 6. The monoisotopic (exact) mass is 860 g/mol. The van der Waals surface area contributed by atoms with Gasteiger partial charge in [0.25, 0.3) is 0 Å². The van der Waals surface area contributed by atoms with Gasteiger partial charge < -0.3 is 0 Å². The fourth-order valence-corrected chi connectivity index (χ4v) is 10.1. The number of benzene rings is 7. The summed E-state index contributed by atoms with van der Waals surface area (Å²) in [5.74, 6) is 1.07. The van der Waals surface area contributed by atoms with Gasteiger partial charge in [-0.15, -0.1) is 0 Å². The third-order valence-corrected chi connectivity index (χ3v) is 13.3. The van der Waals surface area contributed by atoms with Crippen molar-refractivity contribution < 1.29 is 0 Å². The smallest absolute Gasteiger partial charge is 0.237 e. The number of aromatic nitrogens is 7. The summed E-state index contributed by atoms with van der Waals surface area (Å²) in [5.41, 5.74) is 15.2. The molecule has 0 N–H and O–H groups in total. The van der Waals surface area contributed by atoms with E-state index in [-0.39, 0.29) is 5.41 Å². The van der Waals surface area contributed by atoms with E-state index in [2.05, 4.69) is 193 Å². The third-order valence-electron chi connectivity index (χ3n) is 13.3. The highest BCUT2D eigenvalue weighted by Crippen LogP contribution is 2.53. The lowest BCUT2D eigenvalue weighted by Gasteiger charge is -2.41. The van der Waals surface area contributed by atoms with Crippen molar-refractivity contribution >= 4 is 61.2 Å². The van der Waals surface area contributed by atoms with Crippen molar-refractivity contribution in [2.24, 2.45) is 0 Å². The number of hydrogen-bond acceptors (Lipinski definition) is 7. The van der Waals surface area contributed by atoms with Crippen LogP contribution in [0.25, 0.3) is 94.6 Å². The molecule has 0 aliphatic carbocycles. The first-order valence-corrected chi connectivity index (χ1v) is 22.5. The van der Waals surface area contributed by atoms with E-state index < -0.39 is 0 Å². The lowest BCUT2D eigenvalue weighted by molar-refractivity contribution is 0.632. The molecule has 0 fully saturated rings. The Bertz CT molecular complexity index is 3920. The van der Waals surface area contributed by atoms with Gasteiger partial charge in [-0.05, 0) is 94.0 Å². The fourth-order valence-electron chi connectivity index (χ4n) is 10.1. The molecule has 1 aliphatic rings. The van der Waals surface area contributed by atoms with Crippen molar-refractivity contribution in [3.8, 4) is 50.7 Å². The Morgan fingerprint density at radius 3 is 1.54 bits per heavy atom. The second-order valence-corrected chi connectivity index (χ2v) is 17.6. The molecule has 0 saturated carbocycles. The Kier molecular flexibility index (Phi) is 8.70. The van der Waals surface area contributed by atoms with Gasteiger partial charge in [-0.2, -0.15) is 9.97 Å². The van der Waals surface area contributed by atoms with Crippen LogP contribution in [0.3, 0.4) is 0 Å². The van der Waals surface area contributed by atoms with Gasteiger partial charge >= 0.3 is 0 Å². The van der Waals surface area contributed by atoms with E-state index in [1.165, 1.54) is 5.56 Å². The lowest BCUT2D eigenvalue weighted by atomic mass is 9.73. The highest BCUT2D eigenvalue weighted by atomic mass is 15.3. The SMILES string of the molecule is CC1(C)c2ccccc2N(c2nc(-c3cccc(-c4ccccc4)c3)c3cccnc3n2)c2cc3c(cc21)c1ccccc1n3-c1nc(-c2cccc(-c3ccccc3)c2)c2cccnc2n1. The van der Waals surface area contributed by atoms with E-state index in [0.717, 1.165) is 94.3 Å². The highest BCUT2D eigenvalue weighted by molar-refractivity contribution is 6.11. The molecule has 0 radical (unpaired) electrons. The van der Waals surface area contributed by atoms with Crippen LogP contribution in [0.4, 0.5) is 17.3 Å². The molecule has 1 aliphatic heterocycles. The van der Waals surface area contributed by atoms with Crippen LogP contribution in [0.1, 0.15) is 25.0 Å². The maximum absolute atomic E-state index is 5.52. The zero-order valence-electron chi connectivity index (χ0n) is 36.7. The van der Waals surface area contributed by atoms with Crippen LogP contribution in [0.2, 0.25) is 0 Å². The molecule has 8 nitrogen and oxygen atoms in total. The van der Waals surface area contributed by atoms with E-state index in [9.17, 15) is 0 Å². The summed E-state index contributed by atoms with van der Waals surface area (Å²) in [7, 11) is 0. The van der Waals surface area contributed by atoms with E-state index >= 15 is 0 Å². The normalized spacial score (nSPS) is 13.0. The number of anilines is 3. The lowest BCUT2D eigenvalue weighted by Crippen LogP contribution is -2.31. The molecule has 7 aromatic carbocycles. The van der Waals surface area contributed by atoms with Crippen LogP contribution in [-0.2, 0) is 5.41 Å². The zero-order chi connectivity index (χ0) is 44.6. The van der Waals surface area contributed by atoms with Gasteiger partial charge in [0.1, 0.15) is 0 Å². The number of fused-ring (bicyclic) bond motifs is 7. The topological polar surface area (TPSA) is 85.5 Å². The van der Waals surface area contributed by atoms with Crippen molar-refractivity contribution in [3.63, 3.8) is 0 Å². The summed E-state index contributed by atoms with van der Waals surface area (Å²) in [4.78, 5) is 33.4. The Balaban J connectivity index is 1.06. The molecule has 12 aromatic rings. The number of pyridine rings is 2. The summed E-state index contributed by atoms with van der Waals surface area (Å²) >= 11 is 0. The molecule has 316 valence electrons. The maximum Gasteiger partial charge on any atom is 0.237 e. The zero-order valence-corrected chi connectivity index (χ0v) is 36.7. The predicted molar refractivity (Wildman–Crippen MR) is 271 cm³/mol. The summed E-state index contributed by atoms with van der Waals surface area (Å²) in [6, 6.07) is 67.9. The van der Waals surface area contributed by atoms with Crippen LogP contribution in [0, 0.1) is 0 Å². The summed E-state index contributed by atoms with van der Waals surface area (Å²) in [5, 5.41) is 3.96. The average molecular weight is 861 g/mol. The largest absolute Gasteiger partial charge is 0.278 e. The predicted octanol–water partition coefficient (Wildman–Crippen LogP) is 14.2. The van der Waals surface area contributed by atoms with Gasteiger partial charge in [0.05, 0.1) is 33.8 Å². The molecule has 13 rings (SSSR count). The van der Waals surface area contributed by atoms with Crippen LogP contribution in [0.15, 0.2) is 207 Å². The van der Waals surface area contributed by atoms with E-state index in [4.69, 9.17) is 29.9 Å². The second kappa shape index (κ2) is 15.1. The summed E-state index contributed by atoms with van der Waals surface area (Å²) in [6.07, 6.45) is 3.60. The van der Waals surface area contributed by atoms with Gasteiger partial charge in [0.2, 0.25) is 11.9 Å². The third kappa shape index (κ3) is 6.21. The molecule has 8 heteroatoms. The number of para-hydroxylation sites is 2. The molecule has 0 atom stereocenters. The Morgan fingerprint density at radius 1 is 0.358 bits per heavy atom. The molecule has 67 heavy (non-hydrogen) atoms. The first kappa shape index (κ1) is 38.6. The Hall–Kier alpha value is -8.88. The molecule has 0 spiro atoms. The molecule has 0 saturated heterocycles. The Morgan fingerprint density at radius 2 is 0.881 bits per heavy atom. The molecular weight excluding hydrogens is 821 g/mol. The number of hydrogen-bond donors (Lipinski definition) is 0. The molecule has 0 amide bonds. The van der Waals surface area contributed by atoms with Crippen molar-refractivity contribution in [3.05, 3.63) is 218 Å². The summed E-state index contributed by atoms with van der Waals surface area (Å²) in [6.45, 7) is 4.62. The van der Waals surface area contributed by atoms with Crippen molar-refractivity contribution in [1.82, 2.24) is 34.5 Å². The van der Waals surface area contributed by atoms with Crippen molar-refractivity contribution in [2.75, 3.05) is 4.90 Å². The van der Waals surface area contributed by atoms with Crippen molar-refractivity contribution in [1.29, 1.82) is 0 Å². The first-order chi connectivity index (χ1) is 33.0. The van der Waals surface area contributed by atoms with Gasteiger partial charge in [-0.3, -0.25) is 9.47 Å². The van der Waals surface area contributed by atoms with Gasteiger partial charge in [0, 0.05) is 50.5 Å². The molecule has 6 heterocycles. The minimum Gasteiger partial charge on any atom is -0.278 e. The second-order valence-electron chi connectivity index (χ2n) is 17.6. The first-order valence-electron chi connectivity index (χ1n) is 22.5. The Labute approximate surface area is 386 Å². The number of nitrogens with zero attached hydrogens (tertiary/aromatic N) is 8. The quantitative estimate of drug-likeness (QED) is 0.165. The van der Waals surface area contributed by atoms with E-state index in [0.29, 0.717) is 23.2 Å². The molecule has 5 aromatic heterocycles. The minimum atomic E-state index is -0.387. The highest BCUT2D eigenvalue weighted by Gasteiger charge is 2.39. The van der Waals surface area contributed by atoms with Gasteiger partial charge in [0.15, 0.2) is 11.3 Å². The maximum atomic E-state index is 5.52. The summed E-state index contributed by atoms with van der Waals surface area (Å²) < 4.78 is 2.19. The minimum absolute atomic E-state index is 0.387. The standard InChI is InChI=1S/C59H40N8/c1-59(2)47-28-10-12-30-50(47)67(58-63-54(45-27-16-32-61-56(45)65-58)42-24-14-22-40(34-42)38-19-7-4-8-20-38)52-36-51-46(35-48(52)59)43-25-9-11-29-49(43)66(51)57-62-53(44-26-15-31-60-55(44)64-57)41-23-13-21-39(33-41)37-17-5-3-6-18-37/h3-36H,1-2H3. The van der Waals surface area contributed by atoms with Crippen LogP contribution in [0.5, 0.6) is 0 Å². The van der Waals surface area contributed by atoms with Gasteiger partial charge in [-0.1, -0.05) is 147 Å². The van der Waals surface area contributed by atoms with Crippen molar-refractivity contribution in [2.45, 2.75) is 19.3 Å². The van der Waals surface area contributed by atoms with Crippen LogP contribution in [-0.4, -0.2) is 34.5 Å². The molecule has 0 unspecified atom stereocenters. The fraction of sp³-hybridized carbons (Fsp3) is 0.0508. The van der Waals surface area contributed by atoms with E-state index in [1.54, 1.807) is 12.4 Å². The van der Waals surface area contributed by atoms with Crippen LogP contribution < -0.4 is 4.90 Å². The molecule has 0 bridgehead atoms. The van der Waals surface area contributed by atoms with Crippen LogP contribution >= 0.6 is 0 Å². The molecular formula is C59H40N8.